The van der Waals surface area contributed by atoms with E-state index in [0.29, 0.717) is 17.5 Å². The van der Waals surface area contributed by atoms with Crippen LogP contribution in [0.15, 0.2) is 59.8 Å². The first-order valence-corrected chi connectivity index (χ1v) is 10.8. The van der Waals surface area contributed by atoms with E-state index in [1.165, 1.54) is 24.6 Å². The molecule has 0 amide bonds. The van der Waals surface area contributed by atoms with E-state index in [9.17, 15) is 5.26 Å². The fourth-order valence-electron chi connectivity index (χ4n) is 3.74. The maximum atomic E-state index is 9.72. The molecule has 0 bridgehead atoms. The van der Waals surface area contributed by atoms with Crippen LogP contribution < -0.4 is 0 Å². The van der Waals surface area contributed by atoms with E-state index in [1.807, 2.05) is 42.5 Å². The summed E-state index contributed by atoms with van der Waals surface area (Å²) in [7, 11) is 0. The average Bonchev–Trinajstić information content (AvgIpc) is 3.38. The second kappa shape index (κ2) is 8.81. The van der Waals surface area contributed by atoms with Crippen molar-refractivity contribution in [2.45, 2.75) is 48.6 Å². The Labute approximate surface area is 174 Å². The molecule has 6 heteroatoms. The molecule has 0 spiro atoms. The summed E-state index contributed by atoms with van der Waals surface area (Å²) in [6.45, 7) is 0. The largest absolute Gasteiger partial charge is 0.299 e. The van der Waals surface area contributed by atoms with E-state index >= 15 is 0 Å². The van der Waals surface area contributed by atoms with Crippen LogP contribution in [0, 0.1) is 11.3 Å². The molecule has 0 saturated heterocycles. The van der Waals surface area contributed by atoms with Gasteiger partial charge in [0.05, 0.1) is 11.1 Å². The second-order valence-corrected chi connectivity index (χ2v) is 8.60. The number of nitriles is 1. The number of aromatic nitrogens is 3. The maximum Gasteiger partial charge on any atom is 0.193 e. The summed E-state index contributed by atoms with van der Waals surface area (Å²) >= 11 is 7.95. The van der Waals surface area contributed by atoms with Crippen molar-refractivity contribution in [3.05, 3.63) is 65.2 Å². The predicted molar refractivity (Wildman–Crippen MR) is 113 cm³/mol. The highest BCUT2D eigenvalue weighted by Crippen LogP contribution is 2.39. The Hall–Kier alpha value is -2.29. The zero-order valence-corrected chi connectivity index (χ0v) is 17.0. The lowest BCUT2D eigenvalue weighted by Gasteiger charge is -2.18. The number of benzene rings is 2. The Kier molecular flexibility index (Phi) is 5.99. The molecule has 1 atom stereocenters. The Morgan fingerprint density at radius 3 is 2.50 bits per heavy atom. The highest BCUT2D eigenvalue weighted by atomic mass is 35.5. The van der Waals surface area contributed by atoms with Gasteiger partial charge in [-0.05, 0) is 37.0 Å². The van der Waals surface area contributed by atoms with E-state index in [4.69, 9.17) is 11.6 Å². The molecule has 0 N–H and O–H groups in total. The molecule has 1 aromatic heterocycles. The Bertz CT molecular complexity index is 974. The minimum atomic E-state index is -0.217. The standard InChI is InChI=1S/C22H21ClN4S/c23-20-13-7-6-12-19(20)21-25-26-22(27(21)17-10-4-5-11-17)28-18(15-24)14-16-8-2-1-3-9-16/h1-3,6-9,12-13,17-18H,4-5,10-11,14H2/t18-/m0/s1. The van der Waals surface area contributed by atoms with Gasteiger partial charge in [-0.25, -0.2) is 0 Å². The van der Waals surface area contributed by atoms with Crippen molar-refractivity contribution in [3.8, 4) is 17.5 Å². The zero-order chi connectivity index (χ0) is 19.3. The minimum absolute atomic E-state index is 0.217. The van der Waals surface area contributed by atoms with Crippen molar-refractivity contribution in [1.29, 1.82) is 5.26 Å². The third kappa shape index (κ3) is 4.09. The first-order chi connectivity index (χ1) is 13.8. The van der Waals surface area contributed by atoms with Crippen LogP contribution in [0.1, 0.15) is 37.3 Å². The first kappa shape index (κ1) is 19.0. The SMILES string of the molecule is N#C[C@H](Cc1ccccc1)Sc1nnc(-c2ccccc2Cl)n1C1CCCC1. The third-order valence-corrected chi connectivity index (χ3v) is 6.50. The van der Waals surface area contributed by atoms with Crippen LogP contribution in [-0.4, -0.2) is 20.0 Å². The molecule has 0 aliphatic heterocycles. The molecule has 0 unspecified atom stereocenters. The van der Waals surface area contributed by atoms with Crippen LogP contribution in [0.5, 0.6) is 0 Å². The summed E-state index contributed by atoms with van der Waals surface area (Å²) in [5.74, 6) is 0.802. The highest BCUT2D eigenvalue weighted by Gasteiger charge is 2.27. The van der Waals surface area contributed by atoms with Crippen LogP contribution >= 0.6 is 23.4 Å². The molecule has 0 radical (unpaired) electrons. The summed E-state index contributed by atoms with van der Waals surface area (Å²) in [6, 6.07) is 20.7. The molecule has 3 aromatic rings. The van der Waals surface area contributed by atoms with E-state index in [1.54, 1.807) is 0 Å². The molecule has 28 heavy (non-hydrogen) atoms. The van der Waals surface area contributed by atoms with Gasteiger partial charge in [0, 0.05) is 11.6 Å². The Balaban J connectivity index is 1.67. The maximum absolute atomic E-state index is 9.72. The van der Waals surface area contributed by atoms with E-state index < -0.39 is 0 Å². The number of halogens is 1. The summed E-state index contributed by atoms with van der Waals surface area (Å²) in [6.07, 6.45) is 5.32. The lowest BCUT2D eigenvalue weighted by atomic mass is 10.1. The monoisotopic (exact) mass is 408 g/mol. The first-order valence-electron chi connectivity index (χ1n) is 9.56. The molecule has 1 fully saturated rings. The van der Waals surface area contributed by atoms with Gasteiger partial charge in [0.25, 0.3) is 0 Å². The molecule has 4 rings (SSSR count). The average molecular weight is 409 g/mol. The van der Waals surface area contributed by atoms with Crippen molar-refractivity contribution in [3.63, 3.8) is 0 Å². The number of rotatable bonds is 6. The van der Waals surface area contributed by atoms with Gasteiger partial charge in [-0.3, -0.25) is 4.57 Å². The van der Waals surface area contributed by atoms with E-state index in [2.05, 4.69) is 33.0 Å². The van der Waals surface area contributed by atoms with Crippen LogP contribution in [0.4, 0.5) is 0 Å². The van der Waals surface area contributed by atoms with Crippen LogP contribution in [-0.2, 0) is 6.42 Å². The fourth-order valence-corrected chi connectivity index (χ4v) is 4.98. The normalized spacial score (nSPS) is 15.4. The van der Waals surface area contributed by atoms with Crippen LogP contribution in [0.25, 0.3) is 11.4 Å². The molecule has 1 aliphatic rings. The predicted octanol–water partition coefficient (Wildman–Crippen LogP) is 5.94. The van der Waals surface area contributed by atoms with E-state index in [-0.39, 0.29) is 5.25 Å². The van der Waals surface area contributed by atoms with Gasteiger partial charge in [0.2, 0.25) is 0 Å². The van der Waals surface area contributed by atoms with Gasteiger partial charge >= 0.3 is 0 Å². The van der Waals surface area contributed by atoms with Gasteiger partial charge in [-0.1, -0.05) is 78.7 Å². The van der Waals surface area contributed by atoms with Crippen molar-refractivity contribution in [2.24, 2.45) is 0 Å². The van der Waals surface area contributed by atoms with Crippen molar-refractivity contribution in [2.75, 3.05) is 0 Å². The molecule has 142 valence electrons. The van der Waals surface area contributed by atoms with Crippen molar-refractivity contribution in [1.82, 2.24) is 14.8 Å². The molecule has 4 nitrogen and oxygen atoms in total. The van der Waals surface area contributed by atoms with Crippen LogP contribution in [0.2, 0.25) is 5.02 Å². The minimum Gasteiger partial charge on any atom is -0.299 e. The number of nitrogens with zero attached hydrogens (tertiary/aromatic N) is 4. The van der Waals surface area contributed by atoms with Crippen molar-refractivity contribution < 1.29 is 0 Å². The second-order valence-electron chi connectivity index (χ2n) is 7.02. The lowest BCUT2D eigenvalue weighted by Crippen LogP contribution is -2.11. The van der Waals surface area contributed by atoms with Crippen molar-refractivity contribution >= 4 is 23.4 Å². The van der Waals surface area contributed by atoms with Gasteiger partial charge < -0.3 is 0 Å². The smallest absolute Gasteiger partial charge is 0.193 e. The Morgan fingerprint density at radius 1 is 1.07 bits per heavy atom. The molecular weight excluding hydrogens is 388 g/mol. The topological polar surface area (TPSA) is 54.5 Å². The molecule has 1 heterocycles. The highest BCUT2D eigenvalue weighted by molar-refractivity contribution is 8.00. The van der Waals surface area contributed by atoms with E-state index in [0.717, 1.165) is 34.9 Å². The fraction of sp³-hybridized carbons (Fsp3) is 0.318. The summed E-state index contributed by atoms with van der Waals surface area (Å²) in [5.41, 5.74) is 2.05. The molecule has 1 aliphatic carbocycles. The third-order valence-electron chi connectivity index (χ3n) is 5.12. The van der Waals surface area contributed by atoms with Gasteiger partial charge in [0.15, 0.2) is 11.0 Å². The number of thioether (sulfide) groups is 1. The van der Waals surface area contributed by atoms with Gasteiger partial charge in [-0.2, -0.15) is 5.26 Å². The molecule has 2 aromatic carbocycles. The molecular formula is C22H21ClN4S. The van der Waals surface area contributed by atoms with Crippen LogP contribution in [0.3, 0.4) is 0 Å². The lowest BCUT2D eigenvalue weighted by molar-refractivity contribution is 0.485. The Morgan fingerprint density at radius 2 is 1.79 bits per heavy atom. The summed E-state index contributed by atoms with van der Waals surface area (Å²) in [4.78, 5) is 0. The number of hydrogen-bond acceptors (Lipinski definition) is 4. The quantitative estimate of drug-likeness (QED) is 0.473. The van der Waals surface area contributed by atoms with Gasteiger partial charge in [0.1, 0.15) is 5.25 Å². The van der Waals surface area contributed by atoms with Gasteiger partial charge in [-0.15, -0.1) is 10.2 Å². The number of hydrogen-bond donors (Lipinski definition) is 0. The summed E-state index contributed by atoms with van der Waals surface area (Å²) in [5, 5.41) is 19.9. The summed E-state index contributed by atoms with van der Waals surface area (Å²) < 4.78 is 2.22. The molecule has 1 saturated carbocycles. The zero-order valence-electron chi connectivity index (χ0n) is 15.5.